The molecule has 0 amide bonds. The Morgan fingerprint density at radius 3 is 2.69 bits per heavy atom. The molecule has 4 unspecified atom stereocenters. The number of esters is 1. The summed E-state index contributed by atoms with van der Waals surface area (Å²) in [6.07, 6.45) is 3.21. The minimum atomic E-state index is 0.00674. The van der Waals surface area contributed by atoms with Crippen molar-refractivity contribution in [2.75, 3.05) is 6.61 Å². The third kappa shape index (κ3) is 1.66. The summed E-state index contributed by atoms with van der Waals surface area (Å²) in [5.74, 6) is 2.98. The molecule has 2 heteroatoms. The first-order valence-electron chi connectivity index (χ1n) is 6.68. The monoisotopic (exact) mass is 224 g/mol. The lowest BCUT2D eigenvalue weighted by Crippen LogP contribution is -2.23. The van der Waals surface area contributed by atoms with Gasteiger partial charge in [0, 0.05) is 6.42 Å². The van der Waals surface area contributed by atoms with Gasteiger partial charge in [0.15, 0.2) is 0 Å². The van der Waals surface area contributed by atoms with Gasteiger partial charge in [0.05, 0.1) is 6.61 Å². The van der Waals surface area contributed by atoms with Crippen molar-refractivity contribution < 1.29 is 9.53 Å². The molecule has 0 aromatic rings. The van der Waals surface area contributed by atoms with E-state index < -0.39 is 0 Å². The van der Waals surface area contributed by atoms with Crippen LogP contribution in [0.2, 0.25) is 0 Å². The zero-order valence-corrected chi connectivity index (χ0v) is 11.0. The lowest BCUT2D eigenvalue weighted by molar-refractivity contribution is -0.145. The van der Waals surface area contributed by atoms with Crippen LogP contribution in [0.4, 0.5) is 0 Å². The van der Waals surface area contributed by atoms with Gasteiger partial charge in [-0.2, -0.15) is 0 Å². The maximum Gasteiger partial charge on any atom is 0.306 e. The standard InChI is InChI=1S/C14H24O2/c1-5-16-13(15)7-11-6-10(4)12-8-14(11,12)9(2)3/h9-12H,5-8H2,1-4H3. The van der Waals surface area contributed by atoms with Gasteiger partial charge in [-0.15, -0.1) is 0 Å². The lowest BCUT2D eigenvalue weighted by Gasteiger charge is -2.26. The van der Waals surface area contributed by atoms with E-state index in [2.05, 4.69) is 20.8 Å². The van der Waals surface area contributed by atoms with E-state index in [0.717, 1.165) is 11.8 Å². The van der Waals surface area contributed by atoms with Crippen molar-refractivity contribution in [2.45, 2.75) is 47.0 Å². The van der Waals surface area contributed by atoms with E-state index in [0.29, 0.717) is 30.3 Å². The van der Waals surface area contributed by atoms with Gasteiger partial charge in [-0.05, 0) is 48.9 Å². The number of carbonyl (C=O) groups excluding carboxylic acids is 1. The van der Waals surface area contributed by atoms with Crippen LogP contribution in [0.25, 0.3) is 0 Å². The van der Waals surface area contributed by atoms with Crippen LogP contribution in [0.3, 0.4) is 0 Å². The van der Waals surface area contributed by atoms with Crippen LogP contribution in [0, 0.1) is 29.1 Å². The fraction of sp³-hybridized carbons (Fsp3) is 0.929. The van der Waals surface area contributed by atoms with Crippen molar-refractivity contribution in [2.24, 2.45) is 29.1 Å². The predicted molar refractivity (Wildman–Crippen MR) is 63.9 cm³/mol. The van der Waals surface area contributed by atoms with Gasteiger partial charge in [-0.1, -0.05) is 20.8 Å². The molecule has 0 bridgehead atoms. The highest BCUT2D eigenvalue weighted by Gasteiger charge is 2.66. The molecule has 2 aliphatic rings. The number of ether oxygens (including phenoxy) is 1. The first-order chi connectivity index (χ1) is 7.52. The summed E-state index contributed by atoms with van der Waals surface area (Å²) >= 11 is 0. The Bertz CT molecular complexity index is 284. The number of rotatable bonds is 4. The zero-order valence-electron chi connectivity index (χ0n) is 11.0. The summed E-state index contributed by atoms with van der Waals surface area (Å²) in [6.45, 7) is 9.37. The summed E-state index contributed by atoms with van der Waals surface area (Å²) in [7, 11) is 0. The van der Waals surface area contributed by atoms with Gasteiger partial charge in [0.2, 0.25) is 0 Å². The van der Waals surface area contributed by atoms with E-state index >= 15 is 0 Å². The topological polar surface area (TPSA) is 26.3 Å². The zero-order chi connectivity index (χ0) is 11.9. The highest BCUT2D eigenvalue weighted by Crippen LogP contribution is 2.72. The SMILES string of the molecule is CCOC(=O)CC1CC(C)C2CC12C(C)C. The molecular weight excluding hydrogens is 200 g/mol. The predicted octanol–water partition coefficient (Wildman–Crippen LogP) is 3.26. The van der Waals surface area contributed by atoms with Crippen LogP contribution in [0.1, 0.15) is 47.0 Å². The normalized spacial score (nSPS) is 40.9. The van der Waals surface area contributed by atoms with Crippen molar-refractivity contribution in [3.63, 3.8) is 0 Å². The molecule has 0 heterocycles. The Kier molecular flexibility index (Phi) is 3.02. The summed E-state index contributed by atoms with van der Waals surface area (Å²) in [5, 5.41) is 0. The maximum atomic E-state index is 11.6. The van der Waals surface area contributed by atoms with E-state index in [1.165, 1.54) is 12.8 Å². The molecule has 0 N–H and O–H groups in total. The van der Waals surface area contributed by atoms with Crippen molar-refractivity contribution in [3.05, 3.63) is 0 Å². The van der Waals surface area contributed by atoms with Gasteiger partial charge >= 0.3 is 5.97 Å². The fourth-order valence-corrected chi connectivity index (χ4v) is 4.18. The summed E-state index contributed by atoms with van der Waals surface area (Å²) in [5.41, 5.74) is 0.478. The maximum absolute atomic E-state index is 11.6. The highest BCUT2D eigenvalue weighted by atomic mass is 16.5. The van der Waals surface area contributed by atoms with E-state index in [-0.39, 0.29) is 5.97 Å². The molecule has 0 aliphatic heterocycles. The fourth-order valence-electron chi connectivity index (χ4n) is 4.18. The van der Waals surface area contributed by atoms with Crippen molar-refractivity contribution in [1.29, 1.82) is 0 Å². The molecule has 2 nitrogen and oxygen atoms in total. The Labute approximate surface area is 98.7 Å². The van der Waals surface area contributed by atoms with Crippen molar-refractivity contribution in [1.82, 2.24) is 0 Å². The van der Waals surface area contributed by atoms with E-state index in [1.807, 2.05) is 6.92 Å². The largest absolute Gasteiger partial charge is 0.466 e. The third-order valence-corrected chi connectivity index (χ3v) is 5.00. The molecular formula is C14H24O2. The summed E-state index contributed by atoms with van der Waals surface area (Å²) in [4.78, 5) is 11.6. The Morgan fingerprint density at radius 2 is 2.19 bits per heavy atom. The van der Waals surface area contributed by atoms with Crippen molar-refractivity contribution in [3.8, 4) is 0 Å². The van der Waals surface area contributed by atoms with Gasteiger partial charge in [0.25, 0.3) is 0 Å². The molecule has 0 spiro atoms. The van der Waals surface area contributed by atoms with Crippen LogP contribution in [-0.2, 0) is 9.53 Å². The molecule has 0 aromatic heterocycles. The molecule has 2 rings (SSSR count). The van der Waals surface area contributed by atoms with Crippen LogP contribution in [-0.4, -0.2) is 12.6 Å². The summed E-state index contributed by atoms with van der Waals surface area (Å²) in [6, 6.07) is 0. The highest BCUT2D eigenvalue weighted by molar-refractivity contribution is 5.70. The second-order valence-electron chi connectivity index (χ2n) is 6.00. The minimum absolute atomic E-state index is 0.00674. The van der Waals surface area contributed by atoms with E-state index in [4.69, 9.17) is 4.74 Å². The van der Waals surface area contributed by atoms with Gasteiger partial charge in [-0.25, -0.2) is 0 Å². The Balaban J connectivity index is 2.02. The van der Waals surface area contributed by atoms with Crippen LogP contribution < -0.4 is 0 Å². The molecule has 0 aromatic carbocycles. The molecule has 2 fully saturated rings. The van der Waals surface area contributed by atoms with Gasteiger partial charge in [0.1, 0.15) is 0 Å². The molecule has 2 aliphatic carbocycles. The first kappa shape index (κ1) is 11.9. The van der Waals surface area contributed by atoms with Crippen molar-refractivity contribution >= 4 is 5.97 Å². The quantitative estimate of drug-likeness (QED) is 0.685. The summed E-state index contributed by atoms with van der Waals surface area (Å²) < 4.78 is 5.09. The molecule has 0 saturated heterocycles. The number of fused-ring (bicyclic) bond motifs is 1. The third-order valence-electron chi connectivity index (χ3n) is 5.00. The minimum Gasteiger partial charge on any atom is -0.466 e. The average Bonchev–Trinajstić information content (AvgIpc) is 2.87. The number of carbonyl (C=O) groups is 1. The first-order valence-corrected chi connectivity index (χ1v) is 6.68. The van der Waals surface area contributed by atoms with Crippen LogP contribution >= 0.6 is 0 Å². The Morgan fingerprint density at radius 1 is 1.50 bits per heavy atom. The second kappa shape index (κ2) is 4.05. The van der Waals surface area contributed by atoms with E-state index in [1.54, 1.807) is 0 Å². The number of hydrogen-bond acceptors (Lipinski definition) is 2. The van der Waals surface area contributed by atoms with Crippen LogP contribution in [0.5, 0.6) is 0 Å². The van der Waals surface area contributed by atoms with Gasteiger partial charge < -0.3 is 4.74 Å². The van der Waals surface area contributed by atoms with Crippen LogP contribution in [0.15, 0.2) is 0 Å². The average molecular weight is 224 g/mol. The molecule has 0 radical (unpaired) electrons. The molecule has 4 atom stereocenters. The molecule has 92 valence electrons. The lowest BCUT2D eigenvalue weighted by atomic mass is 9.79. The van der Waals surface area contributed by atoms with Gasteiger partial charge in [-0.3, -0.25) is 4.79 Å². The second-order valence-corrected chi connectivity index (χ2v) is 6.00. The molecule has 16 heavy (non-hydrogen) atoms. The smallest absolute Gasteiger partial charge is 0.306 e. The van der Waals surface area contributed by atoms with E-state index in [9.17, 15) is 4.79 Å². The Hall–Kier alpha value is -0.530. The number of hydrogen-bond donors (Lipinski definition) is 0. The molecule has 2 saturated carbocycles.